The average Bonchev–Trinajstić information content (AvgIpc) is 2.72. The highest BCUT2D eigenvalue weighted by Crippen LogP contribution is 2.15. The zero-order valence-corrected chi connectivity index (χ0v) is 11.6. The van der Waals surface area contributed by atoms with Gasteiger partial charge >= 0.3 is 0 Å². The maximum Gasteiger partial charge on any atom is 0.224 e. The van der Waals surface area contributed by atoms with Crippen molar-refractivity contribution in [2.24, 2.45) is 17.8 Å². The highest BCUT2D eigenvalue weighted by molar-refractivity contribution is 5.81. The summed E-state index contributed by atoms with van der Waals surface area (Å²) in [4.78, 5) is 23.3. The molecular weight excluding hydrogens is 230 g/mol. The van der Waals surface area contributed by atoms with Crippen molar-refractivity contribution in [3.8, 4) is 0 Å². The van der Waals surface area contributed by atoms with Gasteiger partial charge in [-0.1, -0.05) is 20.8 Å². The van der Waals surface area contributed by atoms with E-state index < -0.39 is 0 Å². The number of carbonyl (C=O) groups is 2. The Hall–Kier alpha value is -1.10. The van der Waals surface area contributed by atoms with Gasteiger partial charge in [-0.2, -0.15) is 0 Å². The van der Waals surface area contributed by atoms with E-state index in [4.69, 9.17) is 0 Å². The van der Waals surface area contributed by atoms with E-state index in [0.717, 1.165) is 13.1 Å². The number of hydrogen-bond donors (Lipinski definition) is 3. The normalized spacial score (nSPS) is 23.1. The van der Waals surface area contributed by atoms with E-state index in [1.54, 1.807) is 0 Å². The predicted molar refractivity (Wildman–Crippen MR) is 71.0 cm³/mol. The van der Waals surface area contributed by atoms with Crippen LogP contribution in [-0.2, 0) is 9.59 Å². The Morgan fingerprint density at radius 1 is 1.28 bits per heavy atom. The van der Waals surface area contributed by atoms with Crippen LogP contribution in [-0.4, -0.2) is 38.0 Å². The molecule has 0 saturated carbocycles. The molecule has 0 aromatic carbocycles. The third kappa shape index (κ3) is 5.04. The van der Waals surface area contributed by atoms with Crippen LogP contribution in [0.3, 0.4) is 0 Å². The lowest BCUT2D eigenvalue weighted by atomic mass is 9.97. The first-order valence-electron chi connectivity index (χ1n) is 6.75. The molecule has 1 saturated heterocycles. The Morgan fingerprint density at radius 2 is 2.00 bits per heavy atom. The Bertz CT molecular complexity index is 292. The highest BCUT2D eigenvalue weighted by atomic mass is 16.2. The van der Waals surface area contributed by atoms with Gasteiger partial charge in [0.2, 0.25) is 11.8 Å². The maximum atomic E-state index is 11.8. The number of carbonyl (C=O) groups excluding carboxylic acids is 2. The fourth-order valence-electron chi connectivity index (χ4n) is 2.00. The largest absolute Gasteiger partial charge is 0.356 e. The molecule has 1 aliphatic heterocycles. The van der Waals surface area contributed by atoms with Gasteiger partial charge in [0.05, 0.1) is 5.92 Å². The van der Waals surface area contributed by atoms with E-state index in [-0.39, 0.29) is 17.7 Å². The van der Waals surface area contributed by atoms with Crippen LogP contribution >= 0.6 is 0 Å². The van der Waals surface area contributed by atoms with Crippen molar-refractivity contribution in [1.82, 2.24) is 16.0 Å². The molecule has 1 aliphatic rings. The van der Waals surface area contributed by atoms with Crippen LogP contribution in [0.2, 0.25) is 0 Å². The van der Waals surface area contributed by atoms with Crippen LogP contribution in [0.1, 0.15) is 27.2 Å². The Kier molecular flexibility index (Phi) is 6.12. The standard InChI is InChI=1S/C13H25N3O2/c1-9(2)6-16-12(17)4-5-15-13(18)11-8-14-7-10(11)3/h9-11,14H,4-8H2,1-3H3,(H,15,18)(H,16,17)/t10-,11-/m1/s1. The fourth-order valence-corrected chi connectivity index (χ4v) is 2.00. The van der Waals surface area contributed by atoms with Crippen LogP contribution in [0.4, 0.5) is 0 Å². The summed E-state index contributed by atoms with van der Waals surface area (Å²) in [6, 6.07) is 0. The molecule has 104 valence electrons. The molecule has 2 amide bonds. The summed E-state index contributed by atoms with van der Waals surface area (Å²) in [7, 11) is 0. The molecule has 0 radical (unpaired) electrons. The van der Waals surface area contributed by atoms with Gasteiger partial charge in [0.15, 0.2) is 0 Å². The molecule has 18 heavy (non-hydrogen) atoms. The molecule has 0 spiro atoms. The Labute approximate surface area is 109 Å². The third-order valence-corrected chi connectivity index (χ3v) is 3.21. The molecule has 1 fully saturated rings. The van der Waals surface area contributed by atoms with Crippen molar-refractivity contribution in [3.63, 3.8) is 0 Å². The average molecular weight is 255 g/mol. The maximum absolute atomic E-state index is 11.8. The van der Waals surface area contributed by atoms with Crippen LogP contribution in [0.25, 0.3) is 0 Å². The summed E-state index contributed by atoms with van der Waals surface area (Å²) >= 11 is 0. The lowest BCUT2D eigenvalue weighted by molar-refractivity contribution is -0.125. The van der Waals surface area contributed by atoms with E-state index in [1.165, 1.54) is 0 Å². The summed E-state index contributed by atoms with van der Waals surface area (Å²) in [6.45, 7) is 8.93. The molecule has 1 heterocycles. The van der Waals surface area contributed by atoms with Gasteiger partial charge in [0.1, 0.15) is 0 Å². The lowest BCUT2D eigenvalue weighted by Gasteiger charge is -2.14. The van der Waals surface area contributed by atoms with E-state index >= 15 is 0 Å². The van der Waals surface area contributed by atoms with Crippen LogP contribution < -0.4 is 16.0 Å². The minimum Gasteiger partial charge on any atom is -0.356 e. The SMILES string of the molecule is CC(C)CNC(=O)CCNC(=O)[C@@H]1CNC[C@H]1C. The molecule has 0 bridgehead atoms. The minimum absolute atomic E-state index is 0.00148. The van der Waals surface area contributed by atoms with Crippen molar-refractivity contribution >= 4 is 11.8 Å². The van der Waals surface area contributed by atoms with Crippen molar-refractivity contribution in [2.45, 2.75) is 27.2 Å². The molecule has 0 aliphatic carbocycles. The smallest absolute Gasteiger partial charge is 0.224 e. The van der Waals surface area contributed by atoms with Gasteiger partial charge < -0.3 is 16.0 Å². The van der Waals surface area contributed by atoms with E-state index in [0.29, 0.717) is 31.3 Å². The molecular formula is C13H25N3O2. The van der Waals surface area contributed by atoms with Gasteiger partial charge in [-0.3, -0.25) is 9.59 Å². The molecule has 3 N–H and O–H groups in total. The monoisotopic (exact) mass is 255 g/mol. The molecule has 2 atom stereocenters. The minimum atomic E-state index is 0.00148. The van der Waals surface area contributed by atoms with Gasteiger partial charge in [-0.25, -0.2) is 0 Å². The summed E-state index contributed by atoms with van der Waals surface area (Å²) < 4.78 is 0. The topological polar surface area (TPSA) is 70.2 Å². The first-order chi connectivity index (χ1) is 8.50. The lowest BCUT2D eigenvalue weighted by Crippen LogP contribution is -2.37. The summed E-state index contributed by atoms with van der Waals surface area (Å²) in [5, 5.41) is 8.86. The van der Waals surface area contributed by atoms with Gasteiger partial charge in [-0.15, -0.1) is 0 Å². The molecule has 1 rings (SSSR count). The summed E-state index contributed by atoms with van der Waals surface area (Å²) in [5.74, 6) is 0.934. The highest BCUT2D eigenvalue weighted by Gasteiger charge is 2.29. The molecule has 5 heteroatoms. The second-order valence-corrected chi connectivity index (χ2v) is 5.48. The first kappa shape index (κ1) is 15.0. The van der Waals surface area contributed by atoms with E-state index in [2.05, 4.69) is 36.7 Å². The Balaban J connectivity index is 2.13. The van der Waals surface area contributed by atoms with Crippen molar-refractivity contribution in [3.05, 3.63) is 0 Å². The zero-order chi connectivity index (χ0) is 13.5. The zero-order valence-electron chi connectivity index (χ0n) is 11.6. The Morgan fingerprint density at radius 3 is 2.56 bits per heavy atom. The predicted octanol–water partition coefficient (Wildman–Crippen LogP) is 0.120. The van der Waals surface area contributed by atoms with E-state index in [1.807, 2.05) is 0 Å². The first-order valence-corrected chi connectivity index (χ1v) is 6.75. The van der Waals surface area contributed by atoms with Crippen molar-refractivity contribution in [1.29, 1.82) is 0 Å². The summed E-state index contributed by atoms with van der Waals surface area (Å²) in [6.07, 6.45) is 0.354. The van der Waals surface area contributed by atoms with Gasteiger partial charge in [0.25, 0.3) is 0 Å². The fraction of sp³-hybridized carbons (Fsp3) is 0.846. The van der Waals surface area contributed by atoms with Crippen molar-refractivity contribution < 1.29 is 9.59 Å². The van der Waals surface area contributed by atoms with Gasteiger partial charge in [0, 0.05) is 26.1 Å². The van der Waals surface area contributed by atoms with Crippen LogP contribution in [0, 0.1) is 17.8 Å². The second-order valence-electron chi connectivity index (χ2n) is 5.48. The molecule has 0 unspecified atom stereocenters. The number of hydrogen-bond acceptors (Lipinski definition) is 3. The van der Waals surface area contributed by atoms with Crippen LogP contribution in [0.5, 0.6) is 0 Å². The van der Waals surface area contributed by atoms with Crippen molar-refractivity contribution in [2.75, 3.05) is 26.2 Å². The second kappa shape index (κ2) is 7.36. The van der Waals surface area contributed by atoms with Gasteiger partial charge in [-0.05, 0) is 18.4 Å². The number of nitrogens with one attached hydrogen (secondary N) is 3. The number of amides is 2. The summed E-state index contributed by atoms with van der Waals surface area (Å²) in [5.41, 5.74) is 0. The number of rotatable bonds is 6. The molecule has 5 nitrogen and oxygen atoms in total. The molecule has 0 aromatic heterocycles. The third-order valence-electron chi connectivity index (χ3n) is 3.21. The molecule has 0 aromatic rings. The van der Waals surface area contributed by atoms with E-state index in [9.17, 15) is 9.59 Å². The van der Waals surface area contributed by atoms with Crippen LogP contribution in [0.15, 0.2) is 0 Å². The quantitative estimate of drug-likeness (QED) is 0.631.